The van der Waals surface area contributed by atoms with Crippen molar-refractivity contribution in [3.63, 3.8) is 0 Å². The lowest BCUT2D eigenvalue weighted by Gasteiger charge is -2.22. The molecule has 1 atom stereocenters. The molecule has 4 rings (SSSR count). The van der Waals surface area contributed by atoms with E-state index in [4.69, 9.17) is 28.9 Å². The third kappa shape index (κ3) is 4.02. The van der Waals surface area contributed by atoms with Crippen molar-refractivity contribution in [1.82, 2.24) is 4.98 Å². The van der Waals surface area contributed by atoms with E-state index in [-0.39, 0.29) is 28.4 Å². The van der Waals surface area contributed by atoms with Crippen molar-refractivity contribution in [2.45, 2.75) is 36.3 Å². The third-order valence-electron chi connectivity index (χ3n) is 4.99. The van der Waals surface area contributed by atoms with Gasteiger partial charge in [-0.05, 0) is 42.7 Å². The molecular weight excluding hydrogens is 432 g/mol. The lowest BCUT2D eigenvalue weighted by Crippen LogP contribution is -2.09. The summed E-state index contributed by atoms with van der Waals surface area (Å²) in [7, 11) is 0. The molecule has 1 aromatic heterocycles. The Morgan fingerprint density at radius 1 is 1.24 bits per heavy atom. The van der Waals surface area contributed by atoms with Crippen LogP contribution in [0.1, 0.15) is 25.3 Å². The molecule has 29 heavy (non-hydrogen) atoms. The van der Waals surface area contributed by atoms with Crippen molar-refractivity contribution in [1.29, 1.82) is 0 Å². The fourth-order valence-electron chi connectivity index (χ4n) is 3.49. The highest BCUT2D eigenvalue weighted by Gasteiger charge is 2.25. The number of halogens is 3. The van der Waals surface area contributed by atoms with Crippen LogP contribution >= 0.6 is 35.0 Å². The smallest absolute Gasteiger partial charge is 0.228 e. The summed E-state index contributed by atoms with van der Waals surface area (Å²) in [5.74, 6) is 0.0452. The van der Waals surface area contributed by atoms with Crippen molar-refractivity contribution in [3.05, 3.63) is 57.5 Å². The number of allylic oxidation sites excluding steroid dienone is 3. The van der Waals surface area contributed by atoms with E-state index in [2.05, 4.69) is 10.3 Å². The summed E-state index contributed by atoms with van der Waals surface area (Å²) in [5.41, 5.74) is 10.3. The Bertz CT molecular complexity index is 1080. The molecule has 2 aromatic rings. The van der Waals surface area contributed by atoms with Gasteiger partial charge in [0, 0.05) is 39.7 Å². The summed E-state index contributed by atoms with van der Waals surface area (Å²) in [6.07, 6.45) is 2.75. The molecule has 4 nitrogen and oxygen atoms in total. The van der Waals surface area contributed by atoms with Crippen LogP contribution in [0, 0.1) is 0 Å². The van der Waals surface area contributed by atoms with E-state index >= 15 is 0 Å². The molecule has 1 aliphatic carbocycles. The number of amides is 1. The van der Waals surface area contributed by atoms with Gasteiger partial charge in [0.25, 0.3) is 0 Å². The standard InChI is InChI=1S/C21H18Cl2FN3OS/c1-10(19-14(22)3-4-15(24)20(19)23)29-17-7-13(9-26-21(17)25)11-2-5-16-12(6-11)8-18(28)27-16/h2,5-7,9-10H,3-4,8H2,1H3,(H2,25,26)(H,27,28). The van der Waals surface area contributed by atoms with Gasteiger partial charge in [-0.2, -0.15) is 0 Å². The largest absolute Gasteiger partial charge is 0.383 e. The zero-order valence-corrected chi connectivity index (χ0v) is 17.9. The molecule has 1 aromatic carbocycles. The minimum Gasteiger partial charge on any atom is -0.383 e. The second kappa shape index (κ2) is 8.01. The van der Waals surface area contributed by atoms with E-state index in [1.54, 1.807) is 6.20 Å². The van der Waals surface area contributed by atoms with Gasteiger partial charge in [0.05, 0.1) is 16.3 Å². The number of rotatable bonds is 4. The molecular formula is C21H18Cl2FN3OS. The van der Waals surface area contributed by atoms with E-state index in [0.717, 1.165) is 27.3 Å². The number of pyridine rings is 1. The average molecular weight is 450 g/mol. The molecule has 1 unspecified atom stereocenters. The van der Waals surface area contributed by atoms with Gasteiger partial charge >= 0.3 is 0 Å². The first kappa shape index (κ1) is 20.3. The number of nitrogens with one attached hydrogen (secondary N) is 1. The fraction of sp³-hybridized carbons (Fsp3) is 0.238. The van der Waals surface area contributed by atoms with Crippen molar-refractivity contribution in [2.24, 2.45) is 0 Å². The van der Waals surface area contributed by atoms with Gasteiger partial charge in [-0.25, -0.2) is 9.37 Å². The summed E-state index contributed by atoms with van der Waals surface area (Å²) in [5, 5.41) is 3.31. The number of nitrogens with two attached hydrogens (primary N) is 1. The Hall–Kier alpha value is -2.02. The highest BCUT2D eigenvalue weighted by molar-refractivity contribution is 8.00. The minimum absolute atomic E-state index is 0.00699. The van der Waals surface area contributed by atoms with Crippen LogP contribution in [0.3, 0.4) is 0 Å². The Morgan fingerprint density at radius 3 is 2.83 bits per heavy atom. The number of hydrogen-bond acceptors (Lipinski definition) is 4. The van der Waals surface area contributed by atoms with Crippen molar-refractivity contribution >= 4 is 52.4 Å². The molecule has 8 heteroatoms. The quantitative estimate of drug-likeness (QED) is 0.560. The first-order valence-corrected chi connectivity index (χ1v) is 10.8. The van der Waals surface area contributed by atoms with E-state index in [9.17, 15) is 9.18 Å². The second-order valence-corrected chi connectivity index (χ2v) is 9.22. The minimum atomic E-state index is -0.334. The number of carbonyl (C=O) groups is 1. The Kier molecular flexibility index (Phi) is 5.60. The maximum atomic E-state index is 14.0. The van der Waals surface area contributed by atoms with Gasteiger partial charge in [-0.1, -0.05) is 29.3 Å². The highest BCUT2D eigenvalue weighted by atomic mass is 35.5. The normalized spacial score (nSPS) is 17.4. The zero-order chi connectivity index (χ0) is 20.7. The van der Waals surface area contributed by atoms with Gasteiger partial charge in [0.1, 0.15) is 11.6 Å². The number of aromatic nitrogens is 1. The van der Waals surface area contributed by atoms with Crippen molar-refractivity contribution in [3.8, 4) is 11.1 Å². The molecule has 3 N–H and O–H groups in total. The molecule has 0 saturated heterocycles. The maximum Gasteiger partial charge on any atom is 0.228 e. The molecule has 2 aliphatic rings. The Morgan fingerprint density at radius 2 is 2.03 bits per heavy atom. The van der Waals surface area contributed by atoms with Gasteiger partial charge in [0.15, 0.2) is 0 Å². The van der Waals surface area contributed by atoms with Crippen LogP contribution in [-0.4, -0.2) is 16.1 Å². The van der Waals surface area contributed by atoms with Crippen LogP contribution in [0.5, 0.6) is 0 Å². The van der Waals surface area contributed by atoms with Gasteiger partial charge in [-0.15, -0.1) is 11.8 Å². The topological polar surface area (TPSA) is 68.0 Å². The number of anilines is 2. The van der Waals surface area contributed by atoms with Crippen LogP contribution in [0.15, 0.2) is 56.8 Å². The summed E-state index contributed by atoms with van der Waals surface area (Å²) in [6.45, 7) is 1.92. The van der Waals surface area contributed by atoms with Gasteiger partial charge < -0.3 is 11.1 Å². The third-order valence-corrected chi connectivity index (χ3v) is 6.96. The number of fused-ring (bicyclic) bond motifs is 1. The Labute approximate surface area is 182 Å². The number of benzene rings is 1. The van der Waals surface area contributed by atoms with E-state index in [0.29, 0.717) is 29.3 Å². The summed E-state index contributed by atoms with van der Waals surface area (Å²) >= 11 is 14.0. The number of carbonyl (C=O) groups excluding carboxylic acids is 1. The van der Waals surface area contributed by atoms with Crippen molar-refractivity contribution in [2.75, 3.05) is 11.1 Å². The number of thioether (sulfide) groups is 1. The van der Waals surface area contributed by atoms with Crippen molar-refractivity contribution < 1.29 is 9.18 Å². The number of nitrogen functional groups attached to an aromatic ring is 1. The van der Waals surface area contributed by atoms with E-state index in [1.807, 2.05) is 31.2 Å². The van der Waals surface area contributed by atoms with Crippen LogP contribution < -0.4 is 11.1 Å². The summed E-state index contributed by atoms with van der Waals surface area (Å²) in [6, 6.07) is 7.75. The van der Waals surface area contributed by atoms with Crippen LogP contribution in [-0.2, 0) is 11.2 Å². The monoisotopic (exact) mass is 449 g/mol. The van der Waals surface area contributed by atoms with Crippen LogP contribution in [0.2, 0.25) is 0 Å². The molecule has 1 amide bonds. The molecule has 2 heterocycles. The lowest BCUT2D eigenvalue weighted by atomic mass is 10.0. The summed E-state index contributed by atoms with van der Waals surface area (Å²) < 4.78 is 14.0. The molecule has 0 bridgehead atoms. The molecule has 0 fully saturated rings. The number of nitrogens with zero attached hydrogens (tertiary/aromatic N) is 1. The first-order valence-electron chi connectivity index (χ1n) is 9.12. The molecule has 150 valence electrons. The van der Waals surface area contributed by atoms with Gasteiger partial charge in [-0.3, -0.25) is 4.79 Å². The van der Waals surface area contributed by atoms with Crippen LogP contribution in [0.25, 0.3) is 11.1 Å². The number of hydrogen-bond donors (Lipinski definition) is 2. The summed E-state index contributed by atoms with van der Waals surface area (Å²) in [4.78, 5) is 16.7. The predicted molar refractivity (Wildman–Crippen MR) is 118 cm³/mol. The predicted octanol–water partition coefficient (Wildman–Crippen LogP) is 6.01. The van der Waals surface area contributed by atoms with E-state index in [1.165, 1.54) is 11.8 Å². The lowest BCUT2D eigenvalue weighted by molar-refractivity contribution is -0.115. The van der Waals surface area contributed by atoms with Crippen LogP contribution in [0.4, 0.5) is 15.9 Å². The van der Waals surface area contributed by atoms with E-state index < -0.39 is 0 Å². The Balaban J connectivity index is 1.63. The zero-order valence-electron chi connectivity index (χ0n) is 15.6. The average Bonchev–Trinajstić information content (AvgIpc) is 3.06. The maximum absolute atomic E-state index is 14.0. The molecule has 0 spiro atoms. The molecule has 1 aliphatic heterocycles. The highest BCUT2D eigenvalue weighted by Crippen LogP contribution is 2.43. The second-order valence-electron chi connectivity index (χ2n) is 7.00. The molecule has 0 saturated carbocycles. The fourth-order valence-corrected chi connectivity index (χ4v) is 5.52. The van der Waals surface area contributed by atoms with Gasteiger partial charge in [0.2, 0.25) is 5.91 Å². The SMILES string of the molecule is CC(Sc1cc(-c2ccc3c(c2)CC(=O)N3)cnc1N)C1=C(Cl)CCC(F)=C1Cl. The first-order chi connectivity index (χ1) is 13.8. The molecule has 0 radical (unpaired) electrons.